The summed E-state index contributed by atoms with van der Waals surface area (Å²) in [6, 6.07) is 90.9. The van der Waals surface area contributed by atoms with Crippen molar-refractivity contribution in [3.05, 3.63) is 260 Å². The van der Waals surface area contributed by atoms with Gasteiger partial charge in [-0.25, -0.2) is 4.85 Å². The zero-order valence-electron chi connectivity index (χ0n) is 41.9. The van der Waals surface area contributed by atoms with Crippen LogP contribution in [-0.2, 0) is 0 Å². The molecule has 0 N–H and O–H groups in total. The van der Waals surface area contributed by atoms with E-state index >= 15 is 0 Å². The Morgan fingerprint density at radius 3 is 1.28 bits per heavy atom. The van der Waals surface area contributed by atoms with Crippen LogP contribution in [0.5, 0.6) is 0 Å². The molecule has 0 spiro atoms. The van der Waals surface area contributed by atoms with Crippen LogP contribution in [0, 0.1) is 17.9 Å². The summed E-state index contributed by atoms with van der Waals surface area (Å²) in [5, 5.41) is 31.4. The van der Waals surface area contributed by atoms with E-state index in [0.29, 0.717) is 11.3 Å². The van der Waals surface area contributed by atoms with E-state index in [1.54, 1.807) is 0 Å². The third-order valence-electron chi connectivity index (χ3n) is 16.9. The van der Waals surface area contributed by atoms with E-state index in [9.17, 15) is 5.26 Å². The van der Waals surface area contributed by atoms with Gasteiger partial charge in [-0.05, 0) is 182 Å². The average molecular weight is 985 g/mol. The Kier molecular flexibility index (Phi) is 8.66. The summed E-state index contributed by atoms with van der Waals surface area (Å²) in [5.41, 5.74) is 14.7. The molecule has 0 aliphatic rings. The Bertz CT molecular complexity index is 5480. The Morgan fingerprint density at radius 1 is 0.321 bits per heavy atom. The first-order valence-electron chi connectivity index (χ1n) is 26.5. The molecular formula is C74H40N4. The standard InChI is InChI=1S/C74H40N4/c1-76-54-36-51-25-24-49-34-52(39-66-71(49)73(51)68(41-54)78(66)56-29-27-45-13-3-5-15-47(45)38-56)57-30-31-64(59-17-7-6-16-58(57)59)74-62-20-10-8-18-60(62)69(61-19-9-11-21-63(61)74)53-35-50-23-22-48-32-43(42-75)33-65-70(48)72(50)67(40-53)77(65)55-28-26-44-12-2-4-14-46(44)37-55/h2-41H. The number of nitriles is 1. The van der Waals surface area contributed by atoms with Crippen molar-refractivity contribution in [2.24, 2.45) is 0 Å². The molecule has 0 fully saturated rings. The highest BCUT2D eigenvalue weighted by molar-refractivity contribution is 6.29. The quantitative estimate of drug-likeness (QED) is 0.0962. The van der Waals surface area contributed by atoms with Crippen LogP contribution in [0.3, 0.4) is 0 Å². The van der Waals surface area contributed by atoms with Gasteiger partial charge in [0.1, 0.15) is 0 Å². The zero-order valence-corrected chi connectivity index (χ0v) is 41.9. The number of fused-ring (bicyclic) bond motifs is 5. The minimum absolute atomic E-state index is 0.633. The van der Waals surface area contributed by atoms with Crippen molar-refractivity contribution in [2.45, 2.75) is 0 Å². The van der Waals surface area contributed by atoms with Crippen molar-refractivity contribution in [3.63, 3.8) is 0 Å². The number of hydrogen-bond donors (Lipinski definition) is 0. The number of hydrogen-bond acceptors (Lipinski definition) is 1. The summed E-state index contributed by atoms with van der Waals surface area (Å²) >= 11 is 0. The second kappa shape index (κ2) is 15.9. The molecule has 0 amide bonds. The van der Waals surface area contributed by atoms with Crippen LogP contribution in [0.1, 0.15) is 5.56 Å². The number of aromatic nitrogens is 2. The molecule has 0 saturated carbocycles. The topological polar surface area (TPSA) is 38.0 Å². The van der Waals surface area contributed by atoms with Gasteiger partial charge in [0.05, 0.1) is 34.8 Å². The van der Waals surface area contributed by atoms with Gasteiger partial charge in [-0.2, -0.15) is 5.26 Å². The van der Waals surface area contributed by atoms with Gasteiger partial charge in [-0.3, -0.25) is 0 Å². The number of rotatable bonds is 5. The molecular weight excluding hydrogens is 945 g/mol. The van der Waals surface area contributed by atoms with Crippen LogP contribution in [0.15, 0.2) is 243 Å². The minimum atomic E-state index is 0.633. The first kappa shape index (κ1) is 42.6. The number of benzene rings is 15. The largest absolute Gasteiger partial charge is 0.310 e. The maximum atomic E-state index is 10.3. The zero-order chi connectivity index (χ0) is 51.3. The van der Waals surface area contributed by atoms with E-state index in [2.05, 4.69) is 251 Å². The van der Waals surface area contributed by atoms with Crippen LogP contribution in [0.25, 0.3) is 169 Å². The van der Waals surface area contributed by atoms with Crippen molar-refractivity contribution < 1.29 is 0 Å². The number of nitrogens with zero attached hydrogens (tertiary/aromatic N) is 4. The van der Waals surface area contributed by atoms with Crippen LogP contribution < -0.4 is 0 Å². The molecule has 0 unspecified atom stereocenters. The second-order valence-electron chi connectivity index (χ2n) is 21.0. The lowest BCUT2D eigenvalue weighted by Crippen LogP contribution is -1.95. The van der Waals surface area contributed by atoms with Crippen LogP contribution >= 0.6 is 0 Å². The van der Waals surface area contributed by atoms with Crippen molar-refractivity contribution in [2.75, 3.05) is 0 Å². The molecule has 4 heteroatoms. The molecule has 4 nitrogen and oxygen atoms in total. The monoisotopic (exact) mass is 984 g/mol. The van der Waals surface area contributed by atoms with E-state index in [0.717, 1.165) is 66.3 Å². The Morgan fingerprint density at radius 2 is 0.731 bits per heavy atom. The van der Waals surface area contributed by atoms with Crippen LogP contribution in [0.2, 0.25) is 0 Å². The van der Waals surface area contributed by atoms with E-state index in [1.807, 2.05) is 12.1 Å². The fraction of sp³-hybridized carbons (Fsp3) is 0. The van der Waals surface area contributed by atoms with Crippen LogP contribution in [0.4, 0.5) is 5.69 Å². The average Bonchev–Trinajstić information content (AvgIpc) is 4.22. The van der Waals surface area contributed by atoms with Gasteiger partial charge in [0, 0.05) is 38.4 Å². The smallest absolute Gasteiger partial charge is 0.189 e. The van der Waals surface area contributed by atoms with Crippen molar-refractivity contribution >= 4 is 125 Å². The third-order valence-corrected chi connectivity index (χ3v) is 16.9. The molecule has 2 heterocycles. The van der Waals surface area contributed by atoms with Gasteiger partial charge in [-0.15, -0.1) is 0 Å². The van der Waals surface area contributed by atoms with Crippen molar-refractivity contribution in [3.8, 4) is 50.8 Å². The SMILES string of the molecule is [C-]#[N+]c1cc2ccc3cc(-c4ccc(-c5c6ccccc6c(-c6cc7ccc8cc(C#N)cc9c8c7c(c6)n9-c6ccc7ccccc7c6)c6ccccc56)c5ccccc45)cc4c3c2c(c1)n4-c1ccc2ccccc2c1. The van der Waals surface area contributed by atoms with E-state index in [1.165, 1.54) is 97.5 Å². The molecule has 0 saturated heterocycles. The van der Waals surface area contributed by atoms with E-state index in [4.69, 9.17) is 6.57 Å². The predicted molar refractivity (Wildman–Crippen MR) is 327 cm³/mol. The molecule has 356 valence electrons. The summed E-state index contributed by atoms with van der Waals surface area (Å²) in [4.78, 5) is 3.94. The van der Waals surface area contributed by atoms with Gasteiger partial charge in [0.25, 0.3) is 0 Å². The van der Waals surface area contributed by atoms with Gasteiger partial charge in [-0.1, -0.05) is 170 Å². The normalized spacial score (nSPS) is 12.1. The maximum Gasteiger partial charge on any atom is 0.189 e. The fourth-order valence-corrected chi connectivity index (χ4v) is 13.6. The van der Waals surface area contributed by atoms with Gasteiger partial charge in [0.2, 0.25) is 0 Å². The first-order chi connectivity index (χ1) is 38.6. The summed E-state index contributed by atoms with van der Waals surface area (Å²) < 4.78 is 4.75. The molecule has 0 atom stereocenters. The summed E-state index contributed by atoms with van der Waals surface area (Å²) in [6.45, 7) is 8.07. The lowest BCUT2D eigenvalue weighted by atomic mass is 9.83. The highest BCUT2D eigenvalue weighted by atomic mass is 15.0. The Hall–Kier alpha value is -10.8. The summed E-state index contributed by atoms with van der Waals surface area (Å²) in [7, 11) is 0. The highest BCUT2D eigenvalue weighted by Crippen LogP contribution is 2.50. The molecule has 15 aromatic carbocycles. The highest BCUT2D eigenvalue weighted by Gasteiger charge is 2.25. The molecule has 78 heavy (non-hydrogen) atoms. The summed E-state index contributed by atoms with van der Waals surface area (Å²) in [5.74, 6) is 0. The van der Waals surface area contributed by atoms with Crippen molar-refractivity contribution in [1.82, 2.24) is 9.13 Å². The molecule has 17 rings (SSSR count). The lowest BCUT2D eigenvalue weighted by Gasteiger charge is -2.20. The first-order valence-corrected chi connectivity index (χ1v) is 26.5. The molecule has 0 radical (unpaired) electrons. The minimum Gasteiger partial charge on any atom is -0.310 e. The van der Waals surface area contributed by atoms with Gasteiger partial charge < -0.3 is 9.13 Å². The second-order valence-corrected chi connectivity index (χ2v) is 21.0. The van der Waals surface area contributed by atoms with Crippen LogP contribution in [-0.4, -0.2) is 9.13 Å². The Labute approximate surface area is 447 Å². The van der Waals surface area contributed by atoms with Gasteiger partial charge >= 0.3 is 0 Å². The fourth-order valence-electron chi connectivity index (χ4n) is 13.6. The molecule has 0 bridgehead atoms. The Balaban J connectivity index is 0.895. The molecule has 0 aliphatic heterocycles. The summed E-state index contributed by atoms with van der Waals surface area (Å²) in [6.07, 6.45) is 0. The van der Waals surface area contributed by atoms with Gasteiger partial charge in [0.15, 0.2) is 5.69 Å². The molecule has 0 aliphatic carbocycles. The van der Waals surface area contributed by atoms with E-state index < -0.39 is 0 Å². The van der Waals surface area contributed by atoms with E-state index in [-0.39, 0.29) is 0 Å². The van der Waals surface area contributed by atoms with Crippen molar-refractivity contribution in [1.29, 1.82) is 5.26 Å². The molecule has 17 aromatic rings. The predicted octanol–water partition coefficient (Wildman–Crippen LogP) is 20.3. The molecule has 2 aromatic heterocycles. The lowest BCUT2D eigenvalue weighted by molar-refractivity contribution is 1.19. The third kappa shape index (κ3) is 5.92. The maximum absolute atomic E-state index is 10.3.